The summed E-state index contributed by atoms with van der Waals surface area (Å²) in [6.45, 7) is 4.95. The zero-order valence-electron chi connectivity index (χ0n) is 15.2. The average Bonchev–Trinajstić information content (AvgIpc) is 3.23. The van der Waals surface area contributed by atoms with Gasteiger partial charge in [-0.15, -0.1) is 0 Å². The Morgan fingerprint density at radius 1 is 1.24 bits per heavy atom. The minimum atomic E-state index is -0.0241. The molecule has 0 aliphatic carbocycles. The highest BCUT2D eigenvalue weighted by molar-refractivity contribution is 5.97. The van der Waals surface area contributed by atoms with Crippen LogP contribution in [-0.2, 0) is 11.8 Å². The lowest BCUT2D eigenvalue weighted by atomic mass is 9.97. The van der Waals surface area contributed by atoms with Crippen LogP contribution >= 0.6 is 0 Å². The molecule has 1 unspecified atom stereocenters. The molecule has 3 rings (SSSR count). The highest BCUT2D eigenvalue weighted by Gasteiger charge is 2.30. The van der Waals surface area contributed by atoms with Crippen LogP contribution in [0.1, 0.15) is 58.8 Å². The molecule has 1 atom stereocenters. The van der Waals surface area contributed by atoms with Crippen LogP contribution in [0.25, 0.3) is 0 Å². The number of rotatable bonds is 5. The van der Waals surface area contributed by atoms with Crippen molar-refractivity contribution in [3.05, 3.63) is 52.8 Å². The van der Waals surface area contributed by atoms with Gasteiger partial charge in [0.25, 0.3) is 0 Å². The minimum absolute atomic E-state index is 0.0241. The van der Waals surface area contributed by atoms with Crippen molar-refractivity contribution < 1.29 is 9.59 Å². The predicted molar refractivity (Wildman–Crippen MR) is 96.4 cm³/mol. The van der Waals surface area contributed by atoms with Crippen molar-refractivity contribution in [1.82, 2.24) is 14.7 Å². The molecule has 0 saturated carbocycles. The average molecular weight is 339 g/mol. The highest BCUT2D eigenvalue weighted by Crippen LogP contribution is 2.34. The molecule has 1 aliphatic heterocycles. The molecule has 1 saturated heterocycles. The van der Waals surface area contributed by atoms with E-state index in [0.717, 1.165) is 19.4 Å². The lowest BCUT2D eigenvalue weighted by Crippen LogP contribution is -2.31. The van der Waals surface area contributed by atoms with Gasteiger partial charge in [-0.05, 0) is 37.8 Å². The Hall–Kier alpha value is -2.43. The second-order valence-electron chi connectivity index (χ2n) is 6.93. The van der Waals surface area contributed by atoms with Crippen molar-refractivity contribution in [2.45, 2.75) is 45.6 Å². The van der Waals surface area contributed by atoms with Gasteiger partial charge in [-0.1, -0.05) is 23.8 Å². The largest absolute Gasteiger partial charge is 0.336 e. The van der Waals surface area contributed by atoms with Gasteiger partial charge in [-0.2, -0.15) is 5.10 Å². The van der Waals surface area contributed by atoms with Gasteiger partial charge in [0.2, 0.25) is 5.91 Å². The maximum Gasteiger partial charge on any atom is 0.223 e. The summed E-state index contributed by atoms with van der Waals surface area (Å²) in [5, 5.41) is 4.01. The first-order valence-electron chi connectivity index (χ1n) is 8.84. The molecule has 2 aromatic rings. The molecular formula is C20H25N3O2. The number of hydrogen-bond donors (Lipinski definition) is 0. The summed E-state index contributed by atoms with van der Waals surface area (Å²) in [5.41, 5.74) is 4.25. The fourth-order valence-corrected chi connectivity index (χ4v) is 3.58. The number of nitrogens with zero attached hydrogens (tertiary/aromatic N) is 3. The summed E-state index contributed by atoms with van der Waals surface area (Å²) >= 11 is 0. The molecule has 1 fully saturated rings. The standard InChI is InChI=1S/C20H25N3O2/c1-14-6-7-15(2)17(11-14)18-5-4-10-23(18)20(25)9-8-19(24)16-12-21-22(3)13-16/h6-7,11-13,18H,4-5,8-10H2,1-3H3. The number of benzene rings is 1. The van der Waals surface area contributed by atoms with Gasteiger partial charge in [-0.25, -0.2) is 0 Å². The molecule has 0 bridgehead atoms. The van der Waals surface area contributed by atoms with E-state index in [1.54, 1.807) is 24.1 Å². The topological polar surface area (TPSA) is 55.2 Å². The third-order valence-electron chi connectivity index (χ3n) is 4.96. The van der Waals surface area contributed by atoms with Gasteiger partial charge in [-0.3, -0.25) is 14.3 Å². The molecular weight excluding hydrogens is 314 g/mol. The van der Waals surface area contributed by atoms with Gasteiger partial charge in [0.05, 0.1) is 17.8 Å². The fraction of sp³-hybridized carbons (Fsp3) is 0.450. The summed E-state index contributed by atoms with van der Waals surface area (Å²) in [6, 6.07) is 6.55. The van der Waals surface area contributed by atoms with E-state index in [2.05, 4.69) is 37.1 Å². The van der Waals surface area contributed by atoms with Crippen LogP contribution in [0.15, 0.2) is 30.6 Å². The zero-order valence-corrected chi connectivity index (χ0v) is 15.2. The molecule has 1 aromatic carbocycles. The van der Waals surface area contributed by atoms with E-state index in [4.69, 9.17) is 0 Å². The zero-order chi connectivity index (χ0) is 18.0. The third kappa shape index (κ3) is 3.81. The molecule has 5 nitrogen and oxygen atoms in total. The minimum Gasteiger partial charge on any atom is -0.336 e. The molecule has 2 heterocycles. The van der Waals surface area contributed by atoms with E-state index in [0.29, 0.717) is 5.56 Å². The van der Waals surface area contributed by atoms with E-state index in [1.807, 2.05) is 4.90 Å². The highest BCUT2D eigenvalue weighted by atomic mass is 16.2. The number of aromatic nitrogens is 2. The quantitative estimate of drug-likeness (QED) is 0.785. The predicted octanol–water partition coefficient (Wildman–Crippen LogP) is 3.36. The van der Waals surface area contributed by atoms with Crippen molar-refractivity contribution in [1.29, 1.82) is 0 Å². The lowest BCUT2D eigenvalue weighted by Gasteiger charge is -2.26. The first kappa shape index (κ1) is 17.4. The van der Waals surface area contributed by atoms with Crippen LogP contribution in [0, 0.1) is 13.8 Å². The van der Waals surface area contributed by atoms with Crippen LogP contribution in [-0.4, -0.2) is 32.9 Å². The van der Waals surface area contributed by atoms with Crippen molar-refractivity contribution in [3.63, 3.8) is 0 Å². The van der Waals surface area contributed by atoms with Crippen molar-refractivity contribution in [2.75, 3.05) is 6.54 Å². The first-order chi connectivity index (χ1) is 12.0. The fourth-order valence-electron chi connectivity index (χ4n) is 3.58. The summed E-state index contributed by atoms with van der Waals surface area (Å²) in [5.74, 6) is 0.0459. The summed E-state index contributed by atoms with van der Waals surface area (Å²) < 4.78 is 1.60. The van der Waals surface area contributed by atoms with Gasteiger partial charge in [0, 0.05) is 32.6 Å². The number of aryl methyl sites for hydroxylation is 3. The van der Waals surface area contributed by atoms with Crippen LogP contribution in [0.2, 0.25) is 0 Å². The number of Topliss-reactive ketones (excluding diaryl/α,β-unsaturated/α-hetero) is 1. The Labute approximate surface area is 148 Å². The van der Waals surface area contributed by atoms with E-state index in [1.165, 1.54) is 16.7 Å². The van der Waals surface area contributed by atoms with Gasteiger partial charge in [0.15, 0.2) is 5.78 Å². The number of carbonyl (C=O) groups excluding carboxylic acids is 2. The lowest BCUT2D eigenvalue weighted by molar-refractivity contribution is -0.132. The van der Waals surface area contributed by atoms with Gasteiger partial charge in [0.1, 0.15) is 0 Å². The summed E-state index contributed by atoms with van der Waals surface area (Å²) in [7, 11) is 1.78. The number of amides is 1. The Morgan fingerprint density at radius 2 is 2.04 bits per heavy atom. The maximum atomic E-state index is 12.7. The number of carbonyl (C=O) groups is 2. The summed E-state index contributed by atoms with van der Waals surface area (Å²) in [4.78, 5) is 26.9. The molecule has 5 heteroatoms. The van der Waals surface area contributed by atoms with Crippen LogP contribution in [0.5, 0.6) is 0 Å². The third-order valence-corrected chi connectivity index (χ3v) is 4.96. The Bertz CT molecular complexity index is 794. The smallest absolute Gasteiger partial charge is 0.223 e. The van der Waals surface area contributed by atoms with Gasteiger partial charge >= 0.3 is 0 Å². The van der Waals surface area contributed by atoms with Crippen molar-refractivity contribution in [3.8, 4) is 0 Å². The molecule has 0 spiro atoms. The molecule has 1 aliphatic rings. The Kier molecular flexibility index (Phi) is 5.02. The molecule has 25 heavy (non-hydrogen) atoms. The molecule has 0 N–H and O–H groups in total. The van der Waals surface area contributed by atoms with E-state index in [9.17, 15) is 9.59 Å². The van der Waals surface area contributed by atoms with E-state index in [-0.39, 0.29) is 30.6 Å². The number of likely N-dealkylation sites (tertiary alicyclic amines) is 1. The normalized spacial score (nSPS) is 17.1. The van der Waals surface area contributed by atoms with Crippen LogP contribution < -0.4 is 0 Å². The second-order valence-corrected chi connectivity index (χ2v) is 6.93. The van der Waals surface area contributed by atoms with Gasteiger partial charge < -0.3 is 4.90 Å². The molecule has 1 amide bonds. The monoisotopic (exact) mass is 339 g/mol. The van der Waals surface area contributed by atoms with Crippen LogP contribution in [0.4, 0.5) is 0 Å². The number of ketones is 1. The van der Waals surface area contributed by atoms with E-state index >= 15 is 0 Å². The first-order valence-corrected chi connectivity index (χ1v) is 8.84. The Morgan fingerprint density at radius 3 is 2.76 bits per heavy atom. The SMILES string of the molecule is Cc1ccc(C)c(C2CCCN2C(=O)CCC(=O)c2cnn(C)c2)c1. The van der Waals surface area contributed by atoms with Crippen molar-refractivity contribution in [2.24, 2.45) is 7.05 Å². The Balaban J connectivity index is 1.66. The molecule has 1 aromatic heterocycles. The molecule has 132 valence electrons. The van der Waals surface area contributed by atoms with E-state index < -0.39 is 0 Å². The maximum absolute atomic E-state index is 12.7. The summed E-state index contributed by atoms with van der Waals surface area (Å²) in [6.07, 6.45) is 5.76. The number of hydrogen-bond acceptors (Lipinski definition) is 3. The van der Waals surface area contributed by atoms with Crippen LogP contribution in [0.3, 0.4) is 0 Å². The molecule has 0 radical (unpaired) electrons. The van der Waals surface area contributed by atoms with Crippen molar-refractivity contribution >= 4 is 11.7 Å². The second kappa shape index (κ2) is 7.21.